The zero-order chi connectivity index (χ0) is 17.9. The Morgan fingerprint density at radius 2 is 1.64 bits per heavy atom. The van der Waals surface area contributed by atoms with Crippen LogP contribution in [0.5, 0.6) is 5.75 Å². The van der Waals surface area contributed by atoms with Gasteiger partial charge in [0.05, 0.1) is 29.9 Å². The Morgan fingerprint density at radius 1 is 1.04 bits per heavy atom. The van der Waals surface area contributed by atoms with Gasteiger partial charge < -0.3 is 4.74 Å². The number of ether oxygens (including phenoxy) is 1. The first kappa shape index (κ1) is 17.1. The summed E-state index contributed by atoms with van der Waals surface area (Å²) in [6, 6.07) is 13.8. The van der Waals surface area contributed by atoms with E-state index in [1.165, 1.54) is 6.20 Å². The van der Waals surface area contributed by atoms with Crippen molar-refractivity contribution in [3.8, 4) is 16.9 Å². The fourth-order valence-electron chi connectivity index (χ4n) is 2.39. The lowest BCUT2D eigenvalue weighted by Crippen LogP contribution is -2.27. The van der Waals surface area contributed by atoms with Gasteiger partial charge in [0.2, 0.25) is 10.0 Å². The number of benzene rings is 2. The van der Waals surface area contributed by atoms with Crippen molar-refractivity contribution in [3.05, 3.63) is 60.4 Å². The number of aromatic amines is 1. The highest BCUT2D eigenvalue weighted by molar-refractivity contribution is 7.89. The Balaban J connectivity index is 1.78. The van der Waals surface area contributed by atoms with Crippen LogP contribution in [0.4, 0.5) is 0 Å². The van der Waals surface area contributed by atoms with Crippen molar-refractivity contribution in [1.29, 1.82) is 0 Å². The van der Waals surface area contributed by atoms with Crippen LogP contribution in [0.1, 0.15) is 18.7 Å². The van der Waals surface area contributed by atoms with Gasteiger partial charge in [-0.1, -0.05) is 29.5 Å². The topological polar surface area (TPSA) is 97.0 Å². The van der Waals surface area contributed by atoms with Crippen LogP contribution in [0.2, 0.25) is 0 Å². The van der Waals surface area contributed by atoms with E-state index < -0.39 is 16.1 Å². The number of hydrogen-bond acceptors (Lipinski definition) is 5. The summed E-state index contributed by atoms with van der Waals surface area (Å²) in [4.78, 5) is 0.198. The van der Waals surface area contributed by atoms with E-state index in [1.54, 1.807) is 38.3 Å². The molecular weight excluding hydrogens is 340 g/mol. The summed E-state index contributed by atoms with van der Waals surface area (Å²) in [5, 5.41) is 9.89. The minimum Gasteiger partial charge on any atom is -0.497 e. The summed E-state index contributed by atoms with van der Waals surface area (Å²) in [5.41, 5.74) is 2.50. The molecule has 25 heavy (non-hydrogen) atoms. The molecule has 0 spiro atoms. The van der Waals surface area contributed by atoms with E-state index in [4.69, 9.17) is 4.74 Å². The number of rotatable bonds is 6. The highest BCUT2D eigenvalue weighted by atomic mass is 32.2. The number of methoxy groups -OCH3 is 1. The molecule has 1 heterocycles. The molecule has 0 fully saturated rings. The maximum Gasteiger partial charge on any atom is 0.241 e. The third kappa shape index (κ3) is 3.86. The average Bonchev–Trinajstić information content (AvgIpc) is 3.16. The van der Waals surface area contributed by atoms with E-state index in [0.717, 1.165) is 16.9 Å². The van der Waals surface area contributed by atoms with Crippen molar-refractivity contribution in [3.63, 3.8) is 0 Å². The van der Waals surface area contributed by atoms with Gasteiger partial charge in [0.15, 0.2) is 0 Å². The third-order valence-electron chi connectivity index (χ3n) is 3.82. The van der Waals surface area contributed by atoms with Crippen molar-refractivity contribution in [1.82, 2.24) is 20.1 Å². The van der Waals surface area contributed by atoms with Crippen LogP contribution in [-0.2, 0) is 10.0 Å². The van der Waals surface area contributed by atoms with Gasteiger partial charge in [0, 0.05) is 0 Å². The first-order valence-corrected chi connectivity index (χ1v) is 9.11. The molecule has 1 atom stereocenters. The maximum absolute atomic E-state index is 12.5. The van der Waals surface area contributed by atoms with Gasteiger partial charge in [-0.05, 0) is 42.3 Å². The number of hydrogen-bond donors (Lipinski definition) is 2. The van der Waals surface area contributed by atoms with E-state index in [9.17, 15) is 8.42 Å². The van der Waals surface area contributed by atoms with Crippen LogP contribution in [0.25, 0.3) is 11.1 Å². The molecule has 130 valence electrons. The molecule has 0 amide bonds. The predicted octanol–water partition coefficient (Wildman–Crippen LogP) is 2.52. The van der Waals surface area contributed by atoms with Crippen LogP contribution >= 0.6 is 0 Å². The van der Waals surface area contributed by atoms with Gasteiger partial charge >= 0.3 is 0 Å². The zero-order valence-electron chi connectivity index (χ0n) is 13.8. The summed E-state index contributed by atoms with van der Waals surface area (Å²) in [7, 11) is -2.03. The van der Waals surface area contributed by atoms with E-state index >= 15 is 0 Å². The average molecular weight is 358 g/mol. The molecule has 0 radical (unpaired) electrons. The summed E-state index contributed by atoms with van der Waals surface area (Å²) < 4.78 is 32.7. The van der Waals surface area contributed by atoms with Crippen molar-refractivity contribution in [2.75, 3.05) is 7.11 Å². The van der Waals surface area contributed by atoms with Crippen LogP contribution in [0, 0.1) is 0 Å². The van der Waals surface area contributed by atoms with Gasteiger partial charge in [-0.2, -0.15) is 0 Å². The van der Waals surface area contributed by atoms with Crippen molar-refractivity contribution >= 4 is 10.0 Å². The highest BCUT2D eigenvalue weighted by Crippen LogP contribution is 2.24. The van der Waals surface area contributed by atoms with E-state index in [2.05, 4.69) is 20.1 Å². The summed E-state index contributed by atoms with van der Waals surface area (Å²) >= 11 is 0. The molecule has 0 aliphatic carbocycles. The first-order valence-electron chi connectivity index (χ1n) is 7.62. The second kappa shape index (κ2) is 7.04. The van der Waals surface area contributed by atoms with Crippen LogP contribution < -0.4 is 9.46 Å². The number of sulfonamides is 1. The smallest absolute Gasteiger partial charge is 0.241 e. The molecule has 0 aliphatic rings. The Kier molecular flexibility index (Phi) is 4.82. The molecule has 2 aromatic carbocycles. The summed E-state index contributed by atoms with van der Waals surface area (Å²) in [5.74, 6) is 0.773. The second-order valence-corrected chi connectivity index (χ2v) is 7.22. The van der Waals surface area contributed by atoms with Crippen molar-refractivity contribution in [2.45, 2.75) is 17.9 Å². The SMILES string of the molecule is COc1ccc(-c2ccc(S(=O)(=O)NC(C)c3cnn[nH]3)cc2)cc1. The lowest BCUT2D eigenvalue weighted by atomic mass is 10.1. The van der Waals surface area contributed by atoms with Gasteiger partial charge in [0.1, 0.15) is 5.75 Å². The minimum atomic E-state index is -3.64. The van der Waals surface area contributed by atoms with Crippen LogP contribution in [0.3, 0.4) is 0 Å². The van der Waals surface area contributed by atoms with E-state index in [-0.39, 0.29) is 4.90 Å². The molecule has 1 aromatic heterocycles. The molecule has 7 nitrogen and oxygen atoms in total. The monoisotopic (exact) mass is 358 g/mol. The number of nitrogens with zero attached hydrogens (tertiary/aromatic N) is 2. The molecule has 0 bridgehead atoms. The molecule has 2 N–H and O–H groups in total. The molecule has 0 saturated heterocycles. The van der Waals surface area contributed by atoms with Crippen LogP contribution in [0.15, 0.2) is 59.6 Å². The van der Waals surface area contributed by atoms with Gasteiger partial charge in [-0.3, -0.25) is 5.10 Å². The summed E-state index contributed by atoms with van der Waals surface area (Å²) in [6.45, 7) is 1.72. The molecule has 3 aromatic rings. The standard InChI is InChI=1S/C17H18N4O3S/c1-12(17-11-18-21-19-17)20-25(22,23)16-9-5-14(6-10-16)13-3-7-15(24-2)8-4-13/h3-12,20H,1-2H3,(H,18,19,21). The Bertz CT molecular complexity index is 921. The quantitative estimate of drug-likeness (QED) is 0.706. The number of aromatic nitrogens is 3. The van der Waals surface area contributed by atoms with E-state index in [1.807, 2.05) is 24.3 Å². The third-order valence-corrected chi connectivity index (χ3v) is 5.38. The van der Waals surface area contributed by atoms with Crippen molar-refractivity contribution in [2.24, 2.45) is 0 Å². The Labute approximate surface area is 146 Å². The number of nitrogens with one attached hydrogen (secondary N) is 2. The minimum absolute atomic E-state index is 0.198. The lowest BCUT2D eigenvalue weighted by Gasteiger charge is -2.12. The second-order valence-electron chi connectivity index (χ2n) is 5.51. The molecule has 8 heteroatoms. The maximum atomic E-state index is 12.5. The van der Waals surface area contributed by atoms with Gasteiger partial charge in [-0.25, -0.2) is 13.1 Å². The Hall–Kier alpha value is -2.71. The fourth-order valence-corrected chi connectivity index (χ4v) is 3.61. The highest BCUT2D eigenvalue weighted by Gasteiger charge is 2.19. The largest absolute Gasteiger partial charge is 0.497 e. The molecule has 3 rings (SSSR count). The molecule has 0 saturated carbocycles. The molecular formula is C17H18N4O3S. The first-order chi connectivity index (χ1) is 12.0. The molecule has 0 aliphatic heterocycles. The van der Waals surface area contributed by atoms with Crippen molar-refractivity contribution < 1.29 is 13.2 Å². The fraction of sp³-hybridized carbons (Fsp3) is 0.176. The normalized spacial score (nSPS) is 12.7. The lowest BCUT2D eigenvalue weighted by molar-refractivity contribution is 0.415. The van der Waals surface area contributed by atoms with Crippen LogP contribution in [-0.4, -0.2) is 30.9 Å². The Morgan fingerprint density at radius 3 is 2.16 bits per heavy atom. The zero-order valence-corrected chi connectivity index (χ0v) is 14.6. The number of H-pyrrole nitrogens is 1. The van der Waals surface area contributed by atoms with Gasteiger partial charge in [0.25, 0.3) is 0 Å². The summed E-state index contributed by atoms with van der Waals surface area (Å²) in [6.07, 6.45) is 1.49. The predicted molar refractivity (Wildman–Crippen MR) is 93.5 cm³/mol. The molecule has 1 unspecified atom stereocenters. The van der Waals surface area contributed by atoms with Gasteiger partial charge in [-0.15, -0.1) is 5.10 Å². The van der Waals surface area contributed by atoms with E-state index in [0.29, 0.717) is 5.69 Å².